The topological polar surface area (TPSA) is 41.6 Å². The minimum absolute atomic E-state index is 0.141. The summed E-state index contributed by atoms with van der Waals surface area (Å²) >= 11 is 0. The summed E-state index contributed by atoms with van der Waals surface area (Å²) in [5, 5.41) is 1.86. The van der Waals surface area contributed by atoms with Crippen LogP contribution in [0.15, 0.2) is 30.9 Å². The number of rotatable bonds is 5. The van der Waals surface area contributed by atoms with E-state index < -0.39 is 0 Å². The van der Waals surface area contributed by atoms with Crippen LogP contribution in [-0.2, 0) is 0 Å². The Hall–Kier alpha value is -1.81. The zero-order valence-corrected chi connectivity index (χ0v) is 13.0. The lowest BCUT2D eigenvalue weighted by molar-refractivity contribution is 0.0572. The van der Waals surface area contributed by atoms with E-state index in [0.717, 1.165) is 5.56 Å². The molecule has 0 radical (unpaired) electrons. The lowest BCUT2D eigenvalue weighted by atomic mass is 10.1. The minimum atomic E-state index is -0.184. The highest BCUT2D eigenvalue weighted by Crippen LogP contribution is 2.21. The molecule has 1 aromatic carbocycles. The molecule has 0 aliphatic heterocycles. The van der Waals surface area contributed by atoms with Crippen molar-refractivity contribution in [1.82, 2.24) is 10.4 Å². The van der Waals surface area contributed by atoms with Crippen LogP contribution in [0.25, 0.3) is 0 Å². The van der Waals surface area contributed by atoms with E-state index in [4.69, 9.17) is 4.74 Å². The third-order valence-corrected chi connectivity index (χ3v) is 3.11. The van der Waals surface area contributed by atoms with Crippen molar-refractivity contribution in [3.8, 4) is 5.75 Å². The van der Waals surface area contributed by atoms with Crippen molar-refractivity contribution in [3.05, 3.63) is 42.0 Å². The van der Waals surface area contributed by atoms with Crippen LogP contribution in [0.4, 0.5) is 0 Å². The van der Waals surface area contributed by atoms with Gasteiger partial charge in [0.15, 0.2) is 0 Å². The largest absolute Gasteiger partial charge is 0.496 e. The van der Waals surface area contributed by atoms with Crippen molar-refractivity contribution in [2.24, 2.45) is 0 Å². The SMILES string of the molecule is C=CCN(NC(=O)c1cccc(OC)c1C)C(C)(C)C. The van der Waals surface area contributed by atoms with Gasteiger partial charge in [0.1, 0.15) is 5.75 Å². The summed E-state index contributed by atoms with van der Waals surface area (Å²) in [6.45, 7) is 12.3. The van der Waals surface area contributed by atoms with Crippen molar-refractivity contribution < 1.29 is 9.53 Å². The fourth-order valence-electron chi connectivity index (χ4n) is 1.88. The van der Waals surface area contributed by atoms with E-state index in [9.17, 15) is 4.79 Å². The Morgan fingerprint density at radius 2 is 2.10 bits per heavy atom. The van der Waals surface area contributed by atoms with Crippen LogP contribution in [-0.4, -0.2) is 30.1 Å². The zero-order chi connectivity index (χ0) is 15.3. The molecule has 4 nitrogen and oxygen atoms in total. The molecule has 0 spiro atoms. The normalized spacial score (nSPS) is 11.3. The summed E-state index contributed by atoms with van der Waals surface area (Å²) in [4.78, 5) is 12.4. The monoisotopic (exact) mass is 276 g/mol. The van der Waals surface area contributed by atoms with Gasteiger partial charge in [0.25, 0.3) is 5.91 Å². The Morgan fingerprint density at radius 3 is 2.60 bits per heavy atom. The van der Waals surface area contributed by atoms with Crippen molar-refractivity contribution in [2.45, 2.75) is 33.2 Å². The molecule has 4 heteroatoms. The van der Waals surface area contributed by atoms with Crippen LogP contribution < -0.4 is 10.2 Å². The number of hydrogen-bond donors (Lipinski definition) is 1. The molecule has 0 atom stereocenters. The van der Waals surface area contributed by atoms with Crippen molar-refractivity contribution >= 4 is 5.91 Å². The predicted octanol–water partition coefficient (Wildman–Crippen LogP) is 2.93. The van der Waals surface area contributed by atoms with E-state index in [0.29, 0.717) is 17.9 Å². The average Bonchev–Trinajstić information content (AvgIpc) is 2.37. The van der Waals surface area contributed by atoms with Crippen molar-refractivity contribution in [1.29, 1.82) is 0 Å². The predicted molar refractivity (Wildman–Crippen MR) is 81.9 cm³/mol. The highest BCUT2D eigenvalue weighted by molar-refractivity contribution is 5.95. The highest BCUT2D eigenvalue weighted by Gasteiger charge is 2.23. The molecule has 1 N–H and O–H groups in total. The number of amides is 1. The van der Waals surface area contributed by atoms with Gasteiger partial charge in [-0.15, -0.1) is 6.58 Å². The standard InChI is InChI=1S/C16H24N2O2/c1-7-11-18(16(3,4)5)17-15(19)13-9-8-10-14(20-6)12(13)2/h7-10H,1,11H2,2-6H3,(H,17,19). The van der Waals surface area contributed by atoms with Gasteiger partial charge in [-0.3, -0.25) is 10.2 Å². The van der Waals surface area contributed by atoms with Crippen molar-refractivity contribution in [3.63, 3.8) is 0 Å². The number of carbonyl (C=O) groups is 1. The van der Waals surface area contributed by atoms with Gasteiger partial charge in [0.05, 0.1) is 7.11 Å². The van der Waals surface area contributed by atoms with E-state index in [2.05, 4.69) is 12.0 Å². The smallest absolute Gasteiger partial charge is 0.266 e. The summed E-state index contributed by atoms with van der Waals surface area (Å²) < 4.78 is 5.25. The molecule has 110 valence electrons. The van der Waals surface area contributed by atoms with Crippen LogP contribution in [0.1, 0.15) is 36.7 Å². The third kappa shape index (κ3) is 3.84. The number of methoxy groups -OCH3 is 1. The quantitative estimate of drug-likeness (QED) is 0.664. The third-order valence-electron chi connectivity index (χ3n) is 3.11. The lowest BCUT2D eigenvalue weighted by Crippen LogP contribution is -2.52. The van der Waals surface area contributed by atoms with E-state index >= 15 is 0 Å². The second kappa shape index (κ2) is 6.57. The van der Waals surface area contributed by atoms with Gasteiger partial charge in [-0.25, -0.2) is 5.01 Å². The molecule has 0 aromatic heterocycles. The van der Waals surface area contributed by atoms with E-state index in [1.165, 1.54) is 0 Å². The van der Waals surface area contributed by atoms with E-state index in [1.807, 2.05) is 44.8 Å². The Balaban J connectivity index is 2.98. The van der Waals surface area contributed by atoms with Gasteiger partial charge < -0.3 is 4.74 Å². The zero-order valence-electron chi connectivity index (χ0n) is 13.0. The number of benzene rings is 1. The fourth-order valence-corrected chi connectivity index (χ4v) is 1.88. The van der Waals surface area contributed by atoms with Crippen LogP contribution in [0.5, 0.6) is 5.75 Å². The minimum Gasteiger partial charge on any atom is -0.496 e. The summed E-state index contributed by atoms with van der Waals surface area (Å²) in [5.74, 6) is 0.571. The van der Waals surface area contributed by atoms with E-state index in [-0.39, 0.29) is 11.4 Å². The molecule has 0 saturated carbocycles. The molecule has 0 heterocycles. The van der Waals surface area contributed by atoms with Gasteiger partial charge in [-0.05, 0) is 39.8 Å². The summed E-state index contributed by atoms with van der Waals surface area (Å²) in [7, 11) is 1.60. The Labute approximate surface area is 121 Å². The molecule has 0 fully saturated rings. The molecule has 0 unspecified atom stereocenters. The molecule has 0 aliphatic carbocycles. The van der Waals surface area contributed by atoms with Crippen molar-refractivity contribution in [2.75, 3.05) is 13.7 Å². The van der Waals surface area contributed by atoms with Crippen LogP contribution >= 0.6 is 0 Å². The van der Waals surface area contributed by atoms with E-state index in [1.54, 1.807) is 19.3 Å². The summed E-state index contributed by atoms with van der Waals surface area (Å²) in [6, 6.07) is 5.45. The first kappa shape index (κ1) is 16.2. The van der Waals surface area contributed by atoms with Gasteiger partial charge >= 0.3 is 0 Å². The van der Waals surface area contributed by atoms with Gasteiger partial charge in [-0.1, -0.05) is 12.1 Å². The number of hydrazine groups is 1. The molecule has 0 aliphatic rings. The summed E-state index contributed by atoms with van der Waals surface area (Å²) in [6.07, 6.45) is 1.77. The maximum absolute atomic E-state index is 12.4. The number of ether oxygens (including phenoxy) is 1. The Kier molecular flexibility index (Phi) is 5.34. The molecule has 0 saturated heterocycles. The molecular formula is C16H24N2O2. The molecule has 0 bridgehead atoms. The molecular weight excluding hydrogens is 252 g/mol. The number of nitrogens with zero attached hydrogens (tertiary/aromatic N) is 1. The van der Waals surface area contributed by atoms with Crippen LogP contribution in [0.3, 0.4) is 0 Å². The van der Waals surface area contributed by atoms with Crippen LogP contribution in [0, 0.1) is 6.92 Å². The molecule has 1 amide bonds. The Bertz CT molecular complexity index is 490. The molecule has 20 heavy (non-hydrogen) atoms. The Morgan fingerprint density at radius 1 is 1.45 bits per heavy atom. The highest BCUT2D eigenvalue weighted by atomic mass is 16.5. The first-order chi connectivity index (χ1) is 9.31. The molecule has 1 aromatic rings. The second-order valence-electron chi connectivity index (χ2n) is 5.64. The maximum Gasteiger partial charge on any atom is 0.266 e. The summed E-state index contributed by atoms with van der Waals surface area (Å²) in [5.41, 5.74) is 4.20. The molecule has 1 rings (SSSR count). The lowest BCUT2D eigenvalue weighted by Gasteiger charge is -2.34. The maximum atomic E-state index is 12.4. The average molecular weight is 276 g/mol. The number of nitrogens with one attached hydrogen (secondary N) is 1. The van der Waals surface area contributed by atoms with Gasteiger partial charge in [0.2, 0.25) is 0 Å². The van der Waals surface area contributed by atoms with Gasteiger partial charge in [0, 0.05) is 23.2 Å². The number of hydrogen-bond acceptors (Lipinski definition) is 3. The number of carbonyl (C=O) groups excluding carboxylic acids is 1. The van der Waals surface area contributed by atoms with Gasteiger partial charge in [-0.2, -0.15) is 0 Å². The first-order valence-corrected chi connectivity index (χ1v) is 6.64. The fraction of sp³-hybridized carbons (Fsp3) is 0.438. The van der Waals surface area contributed by atoms with Crippen LogP contribution in [0.2, 0.25) is 0 Å². The second-order valence-corrected chi connectivity index (χ2v) is 5.64. The first-order valence-electron chi connectivity index (χ1n) is 6.64.